The molecule has 2 aromatic rings. The first-order valence-corrected chi connectivity index (χ1v) is 6.01. The van der Waals surface area contributed by atoms with Crippen LogP contribution >= 0.6 is 27.3 Å². The quantitative estimate of drug-likeness (QED) is 0.864. The molecule has 0 radical (unpaired) electrons. The molecule has 84 valence electrons. The van der Waals surface area contributed by atoms with Crippen LogP contribution in [-0.4, -0.2) is 4.98 Å². The summed E-state index contributed by atoms with van der Waals surface area (Å²) in [4.78, 5) is 4.56. The van der Waals surface area contributed by atoms with Crippen molar-refractivity contribution in [3.8, 4) is 0 Å². The molecule has 0 saturated heterocycles. The maximum Gasteiger partial charge on any atom is 0.180 e. The number of anilines is 1. The fourth-order valence-electron chi connectivity index (χ4n) is 1.31. The van der Waals surface area contributed by atoms with Gasteiger partial charge in [0.15, 0.2) is 5.13 Å². The third-order valence-electron chi connectivity index (χ3n) is 2.06. The number of hydrogen-bond acceptors (Lipinski definition) is 3. The Balaban J connectivity index is 2.37. The van der Waals surface area contributed by atoms with E-state index in [1.54, 1.807) is 0 Å². The van der Waals surface area contributed by atoms with Gasteiger partial charge in [-0.3, -0.25) is 0 Å². The van der Waals surface area contributed by atoms with E-state index in [1.165, 1.54) is 29.7 Å². The smallest absolute Gasteiger partial charge is 0.180 e. The number of hydrogen-bond donors (Lipinski definition) is 1. The van der Waals surface area contributed by atoms with Crippen molar-refractivity contribution in [3.63, 3.8) is 0 Å². The topological polar surface area (TPSA) is 38.9 Å². The van der Waals surface area contributed by atoms with E-state index in [9.17, 15) is 8.78 Å². The first kappa shape index (κ1) is 11.5. The maximum atomic E-state index is 13.6. The molecule has 0 saturated carbocycles. The SMILES string of the molecule is Nc1ncc(Cc2c(F)ccc(Br)c2F)s1. The molecule has 2 N–H and O–H groups in total. The minimum Gasteiger partial charge on any atom is -0.375 e. The van der Waals surface area contributed by atoms with Gasteiger partial charge in [0.25, 0.3) is 0 Å². The van der Waals surface area contributed by atoms with E-state index in [1.807, 2.05) is 0 Å². The summed E-state index contributed by atoms with van der Waals surface area (Å²) < 4.78 is 27.3. The van der Waals surface area contributed by atoms with E-state index in [0.29, 0.717) is 5.13 Å². The molecule has 6 heteroatoms. The van der Waals surface area contributed by atoms with Crippen LogP contribution in [-0.2, 0) is 6.42 Å². The first-order chi connectivity index (χ1) is 7.58. The highest BCUT2D eigenvalue weighted by Gasteiger charge is 2.13. The van der Waals surface area contributed by atoms with Crippen LogP contribution in [0.25, 0.3) is 0 Å². The summed E-state index contributed by atoms with van der Waals surface area (Å²) in [6, 6.07) is 2.57. The largest absolute Gasteiger partial charge is 0.375 e. The van der Waals surface area contributed by atoms with Gasteiger partial charge in [-0.1, -0.05) is 0 Å². The van der Waals surface area contributed by atoms with Crippen LogP contribution in [0, 0.1) is 11.6 Å². The van der Waals surface area contributed by atoms with Gasteiger partial charge in [-0.05, 0) is 28.1 Å². The summed E-state index contributed by atoms with van der Waals surface area (Å²) in [6.07, 6.45) is 1.69. The number of nitrogen functional groups attached to an aromatic ring is 1. The summed E-state index contributed by atoms with van der Waals surface area (Å²) in [5.41, 5.74) is 5.47. The highest BCUT2D eigenvalue weighted by Crippen LogP contribution is 2.26. The molecule has 0 fully saturated rings. The third kappa shape index (κ3) is 2.22. The van der Waals surface area contributed by atoms with Gasteiger partial charge in [0.2, 0.25) is 0 Å². The summed E-state index contributed by atoms with van der Waals surface area (Å²) in [7, 11) is 0. The third-order valence-corrected chi connectivity index (χ3v) is 3.50. The molecule has 1 heterocycles. The molecule has 1 aromatic heterocycles. The summed E-state index contributed by atoms with van der Waals surface area (Å²) in [5, 5.41) is 0.394. The number of aromatic nitrogens is 1. The molecule has 0 aliphatic carbocycles. The fraction of sp³-hybridized carbons (Fsp3) is 0.100. The van der Waals surface area contributed by atoms with Gasteiger partial charge in [-0.2, -0.15) is 0 Å². The van der Waals surface area contributed by atoms with Gasteiger partial charge in [0, 0.05) is 23.1 Å². The Morgan fingerprint density at radius 1 is 1.38 bits per heavy atom. The van der Waals surface area contributed by atoms with Gasteiger partial charge < -0.3 is 5.73 Å². The van der Waals surface area contributed by atoms with Crippen LogP contribution in [0.15, 0.2) is 22.8 Å². The van der Waals surface area contributed by atoms with E-state index in [0.717, 1.165) is 4.88 Å². The van der Waals surface area contributed by atoms with Crippen LogP contribution in [0.3, 0.4) is 0 Å². The Hall–Kier alpha value is -1.01. The van der Waals surface area contributed by atoms with Crippen molar-refractivity contribution < 1.29 is 8.78 Å². The Morgan fingerprint density at radius 2 is 2.12 bits per heavy atom. The van der Waals surface area contributed by atoms with Gasteiger partial charge in [0.05, 0.1) is 4.47 Å². The molecule has 16 heavy (non-hydrogen) atoms. The van der Waals surface area contributed by atoms with Crippen LogP contribution in [0.4, 0.5) is 13.9 Å². The summed E-state index contributed by atoms with van der Waals surface area (Å²) >= 11 is 4.24. The molecular weight excluding hydrogens is 298 g/mol. The van der Waals surface area contributed by atoms with E-state index < -0.39 is 11.6 Å². The lowest BCUT2D eigenvalue weighted by atomic mass is 10.1. The fourth-order valence-corrected chi connectivity index (χ4v) is 2.38. The van der Waals surface area contributed by atoms with Gasteiger partial charge in [0.1, 0.15) is 11.6 Å². The predicted molar refractivity (Wildman–Crippen MR) is 63.4 cm³/mol. The van der Waals surface area contributed by atoms with E-state index in [2.05, 4.69) is 20.9 Å². The normalized spacial score (nSPS) is 10.7. The minimum absolute atomic E-state index is 0.0259. The monoisotopic (exact) mass is 304 g/mol. The second-order valence-electron chi connectivity index (χ2n) is 3.16. The molecule has 0 amide bonds. The number of benzene rings is 1. The second-order valence-corrected chi connectivity index (χ2v) is 5.16. The number of halogens is 3. The molecule has 0 unspecified atom stereocenters. The molecule has 0 spiro atoms. The molecule has 0 aliphatic rings. The van der Waals surface area contributed by atoms with Crippen molar-refractivity contribution in [1.82, 2.24) is 4.98 Å². The van der Waals surface area contributed by atoms with Crippen molar-refractivity contribution in [3.05, 3.63) is 44.9 Å². The molecular formula is C10H7BrF2N2S. The zero-order valence-electron chi connectivity index (χ0n) is 8.01. The minimum atomic E-state index is -0.577. The molecule has 0 bridgehead atoms. The molecule has 2 nitrogen and oxygen atoms in total. The van der Waals surface area contributed by atoms with Gasteiger partial charge in [-0.15, -0.1) is 11.3 Å². The average molecular weight is 305 g/mol. The van der Waals surface area contributed by atoms with Crippen LogP contribution < -0.4 is 5.73 Å². The Labute approximate surface area is 103 Å². The predicted octanol–water partition coefficient (Wildman–Crippen LogP) is 3.36. The second kappa shape index (κ2) is 4.47. The lowest BCUT2D eigenvalue weighted by Gasteiger charge is -2.04. The summed E-state index contributed by atoms with van der Waals surface area (Å²) in [6.45, 7) is 0. The number of nitrogens with two attached hydrogens (primary N) is 1. The number of nitrogens with zero attached hydrogens (tertiary/aromatic N) is 1. The van der Waals surface area contributed by atoms with E-state index in [4.69, 9.17) is 5.73 Å². The van der Waals surface area contributed by atoms with E-state index in [-0.39, 0.29) is 16.5 Å². The van der Waals surface area contributed by atoms with Crippen LogP contribution in [0.5, 0.6) is 0 Å². The summed E-state index contributed by atoms with van der Waals surface area (Å²) in [5.74, 6) is -1.14. The zero-order valence-corrected chi connectivity index (χ0v) is 10.4. The zero-order chi connectivity index (χ0) is 11.7. The lowest BCUT2D eigenvalue weighted by Crippen LogP contribution is -1.96. The lowest BCUT2D eigenvalue weighted by molar-refractivity contribution is 0.557. The molecule has 0 atom stereocenters. The highest BCUT2D eigenvalue weighted by atomic mass is 79.9. The average Bonchev–Trinajstić information content (AvgIpc) is 2.65. The van der Waals surface area contributed by atoms with Crippen LogP contribution in [0.1, 0.15) is 10.4 Å². The first-order valence-electron chi connectivity index (χ1n) is 4.40. The maximum absolute atomic E-state index is 13.6. The van der Waals surface area contributed by atoms with Crippen LogP contribution in [0.2, 0.25) is 0 Å². The Morgan fingerprint density at radius 3 is 2.75 bits per heavy atom. The molecule has 1 aromatic carbocycles. The number of rotatable bonds is 2. The Bertz CT molecular complexity index is 528. The number of thiazole rings is 1. The van der Waals surface area contributed by atoms with Gasteiger partial charge >= 0.3 is 0 Å². The standard InChI is InChI=1S/C10H7BrF2N2S/c11-7-1-2-8(12)6(9(7)13)3-5-4-15-10(14)16-5/h1-2,4H,3H2,(H2,14,15). The van der Waals surface area contributed by atoms with Crippen molar-refractivity contribution in [1.29, 1.82) is 0 Å². The van der Waals surface area contributed by atoms with Gasteiger partial charge in [-0.25, -0.2) is 13.8 Å². The van der Waals surface area contributed by atoms with Crippen molar-refractivity contribution in [2.24, 2.45) is 0 Å². The van der Waals surface area contributed by atoms with Crippen molar-refractivity contribution >= 4 is 32.4 Å². The van der Waals surface area contributed by atoms with E-state index >= 15 is 0 Å². The Kier molecular flexibility index (Phi) is 3.20. The highest BCUT2D eigenvalue weighted by molar-refractivity contribution is 9.10. The van der Waals surface area contributed by atoms with Crippen molar-refractivity contribution in [2.45, 2.75) is 6.42 Å². The van der Waals surface area contributed by atoms with Crippen molar-refractivity contribution in [2.75, 3.05) is 5.73 Å². The molecule has 2 rings (SSSR count). The molecule has 0 aliphatic heterocycles.